The molecule has 1 aliphatic heterocycles. The van der Waals surface area contributed by atoms with Crippen molar-refractivity contribution in [2.24, 2.45) is 5.92 Å². The zero-order valence-electron chi connectivity index (χ0n) is 14.7. The van der Waals surface area contributed by atoms with Gasteiger partial charge < -0.3 is 20.1 Å². The fraction of sp³-hybridized carbons (Fsp3) is 0.579. The fourth-order valence-electron chi connectivity index (χ4n) is 3.86. The molecule has 25 heavy (non-hydrogen) atoms. The van der Waals surface area contributed by atoms with Gasteiger partial charge in [-0.2, -0.15) is 0 Å². The van der Waals surface area contributed by atoms with Crippen molar-refractivity contribution in [2.45, 2.75) is 38.1 Å². The summed E-state index contributed by atoms with van der Waals surface area (Å²) in [6.45, 7) is 4.99. The number of benzene rings is 1. The summed E-state index contributed by atoms with van der Waals surface area (Å²) in [5.74, 6) is -1.56. The second-order valence-corrected chi connectivity index (χ2v) is 7.15. The van der Waals surface area contributed by atoms with E-state index in [9.17, 15) is 14.7 Å². The largest absolute Gasteiger partial charge is 0.481 e. The first-order chi connectivity index (χ1) is 12.0. The maximum atomic E-state index is 12.6. The van der Waals surface area contributed by atoms with E-state index in [0.717, 1.165) is 44.8 Å². The minimum atomic E-state index is -0.829. The van der Waals surface area contributed by atoms with Gasteiger partial charge in [0.05, 0.1) is 24.7 Å². The highest BCUT2D eigenvalue weighted by atomic mass is 16.5. The second-order valence-electron chi connectivity index (χ2n) is 7.15. The number of hydrogen-bond donors (Lipinski definition) is 2. The molecular weight excluding hydrogens is 320 g/mol. The molecule has 6 nitrogen and oxygen atoms in total. The van der Waals surface area contributed by atoms with Crippen molar-refractivity contribution < 1.29 is 19.4 Å². The van der Waals surface area contributed by atoms with Crippen molar-refractivity contribution in [2.75, 3.05) is 31.2 Å². The average Bonchev–Trinajstić information content (AvgIpc) is 2.62. The number of morpholine rings is 1. The van der Waals surface area contributed by atoms with Gasteiger partial charge in [0.25, 0.3) is 5.91 Å². The molecule has 1 saturated carbocycles. The van der Waals surface area contributed by atoms with Crippen LogP contribution in [0.15, 0.2) is 24.3 Å². The Kier molecular flexibility index (Phi) is 5.27. The lowest BCUT2D eigenvalue weighted by Gasteiger charge is -2.39. The molecule has 1 saturated heterocycles. The summed E-state index contributed by atoms with van der Waals surface area (Å²) >= 11 is 0. The smallest absolute Gasteiger partial charge is 0.308 e. The Balaban J connectivity index is 1.69. The molecule has 2 aliphatic rings. The van der Waals surface area contributed by atoms with E-state index in [1.54, 1.807) is 0 Å². The standard InChI is InChI=1S/C19H26N2O4/c1-19(9-3-2-4-16(19)18(23)24)20-17(22)14-5-7-15(8-6-14)21-10-12-25-13-11-21/h5-8,16H,2-4,9-13H2,1H3,(H,20,22)(H,23,24). The van der Waals surface area contributed by atoms with Crippen molar-refractivity contribution >= 4 is 17.6 Å². The van der Waals surface area contributed by atoms with Crippen molar-refractivity contribution in [1.29, 1.82) is 0 Å². The molecule has 0 bridgehead atoms. The summed E-state index contributed by atoms with van der Waals surface area (Å²) in [6.07, 6.45) is 3.15. The van der Waals surface area contributed by atoms with Crippen LogP contribution in [0.1, 0.15) is 43.0 Å². The third-order valence-electron chi connectivity index (χ3n) is 5.41. The molecule has 1 heterocycles. The van der Waals surface area contributed by atoms with Gasteiger partial charge in [0.1, 0.15) is 0 Å². The normalized spacial score (nSPS) is 26.9. The minimum Gasteiger partial charge on any atom is -0.481 e. The van der Waals surface area contributed by atoms with E-state index in [4.69, 9.17) is 4.74 Å². The number of aliphatic carboxylic acids is 1. The van der Waals surface area contributed by atoms with Gasteiger partial charge in [0.15, 0.2) is 0 Å². The van der Waals surface area contributed by atoms with Crippen LogP contribution < -0.4 is 10.2 Å². The van der Waals surface area contributed by atoms with Gasteiger partial charge in [0, 0.05) is 24.3 Å². The Hall–Kier alpha value is -2.08. The number of ether oxygens (including phenoxy) is 1. The molecule has 2 unspecified atom stereocenters. The van der Waals surface area contributed by atoms with Crippen LogP contribution in [0.5, 0.6) is 0 Å². The third kappa shape index (κ3) is 3.95. The molecule has 2 fully saturated rings. The van der Waals surface area contributed by atoms with Crippen molar-refractivity contribution in [3.8, 4) is 0 Å². The van der Waals surface area contributed by atoms with Gasteiger partial charge in [-0.25, -0.2) is 0 Å². The van der Waals surface area contributed by atoms with Crippen LogP contribution in [0.2, 0.25) is 0 Å². The molecule has 0 radical (unpaired) electrons. The molecule has 3 rings (SSSR count). The van der Waals surface area contributed by atoms with Crippen LogP contribution >= 0.6 is 0 Å². The topological polar surface area (TPSA) is 78.9 Å². The molecule has 6 heteroatoms. The monoisotopic (exact) mass is 346 g/mol. The number of amides is 1. The summed E-state index contributed by atoms with van der Waals surface area (Å²) in [7, 11) is 0. The van der Waals surface area contributed by atoms with E-state index in [2.05, 4.69) is 10.2 Å². The maximum absolute atomic E-state index is 12.6. The zero-order valence-corrected chi connectivity index (χ0v) is 14.7. The molecule has 136 valence electrons. The number of carbonyl (C=O) groups excluding carboxylic acids is 1. The van der Waals surface area contributed by atoms with E-state index in [0.29, 0.717) is 18.4 Å². The van der Waals surface area contributed by atoms with E-state index in [1.807, 2.05) is 31.2 Å². The summed E-state index contributed by atoms with van der Waals surface area (Å²) in [5.41, 5.74) is 0.949. The highest BCUT2D eigenvalue weighted by molar-refractivity contribution is 5.95. The fourth-order valence-corrected chi connectivity index (χ4v) is 3.86. The lowest BCUT2D eigenvalue weighted by atomic mass is 9.73. The number of nitrogens with one attached hydrogen (secondary N) is 1. The Morgan fingerprint density at radius 2 is 1.88 bits per heavy atom. The first-order valence-electron chi connectivity index (χ1n) is 8.98. The Bertz CT molecular complexity index is 625. The first kappa shape index (κ1) is 17.7. The third-order valence-corrected chi connectivity index (χ3v) is 5.41. The van der Waals surface area contributed by atoms with E-state index < -0.39 is 17.4 Å². The molecule has 1 aliphatic carbocycles. The summed E-state index contributed by atoms with van der Waals surface area (Å²) in [6, 6.07) is 7.50. The number of carbonyl (C=O) groups is 2. The number of rotatable bonds is 4. The predicted octanol–water partition coefficient (Wildman–Crippen LogP) is 2.29. The van der Waals surface area contributed by atoms with E-state index >= 15 is 0 Å². The van der Waals surface area contributed by atoms with Gasteiger partial charge in [-0.3, -0.25) is 9.59 Å². The van der Waals surface area contributed by atoms with Crippen molar-refractivity contribution in [3.63, 3.8) is 0 Å². The summed E-state index contributed by atoms with van der Waals surface area (Å²) < 4.78 is 5.35. The Labute approximate surface area is 148 Å². The number of anilines is 1. The van der Waals surface area contributed by atoms with Crippen molar-refractivity contribution in [1.82, 2.24) is 5.32 Å². The quantitative estimate of drug-likeness (QED) is 0.874. The highest BCUT2D eigenvalue weighted by Crippen LogP contribution is 2.34. The van der Waals surface area contributed by atoms with Crippen LogP contribution in [0.25, 0.3) is 0 Å². The summed E-state index contributed by atoms with van der Waals surface area (Å²) in [5, 5.41) is 12.5. The van der Waals surface area contributed by atoms with Crippen LogP contribution in [0, 0.1) is 5.92 Å². The molecule has 2 N–H and O–H groups in total. The predicted molar refractivity (Wildman–Crippen MR) is 94.9 cm³/mol. The van der Waals surface area contributed by atoms with Gasteiger partial charge in [-0.1, -0.05) is 12.8 Å². The number of nitrogens with zero attached hydrogens (tertiary/aromatic N) is 1. The molecule has 1 aromatic carbocycles. The highest BCUT2D eigenvalue weighted by Gasteiger charge is 2.42. The minimum absolute atomic E-state index is 0.204. The van der Waals surface area contributed by atoms with Crippen LogP contribution in [-0.4, -0.2) is 48.8 Å². The first-order valence-corrected chi connectivity index (χ1v) is 8.98. The maximum Gasteiger partial charge on any atom is 0.308 e. The SMILES string of the molecule is CC1(NC(=O)c2ccc(N3CCOCC3)cc2)CCCCC1C(=O)O. The Morgan fingerprint density at radius 1 is 1.20 bits per heavy atom. The van der Waals surface area contributed by atoms with Crippen LogP contribution in [-0.2, 0) is 9.53 Å². The summed E-state index contributed by atoms with van der Waals surface area (Å²) in [4.78, 5) is 26.4. The molecule has 0 aromatic heterocycles. The Morgan fingerprint density at radius 3 is 2.52 bits per heavy atom. The molecular formula is C19H26N2O4. The van der Waals surface area contributed by atoms with E-state index in [1.165, 1.54) is 0 Å². The molecule has 1 aromatic rings. The molecule has 1 amide bonds. The van der Waals surface area contributed by atoms with Crippen LogP contribution in [0.3, 0.4) is 0 Å². The van der Waals surface area contributed by atoms with Gasteiger partial charge in [-0.15, -0.1) is 0 Å². The van der Waals surface area contributed by atoms with Crippen molar-refractivity contribution in [3.05, 3.63) is 29.8 Å². The van der Waals surface area contributed by atoms with Gasteiger partial charge in [0.2, 0.25) is 0 Å². The van der Waals surface area contributed by atoms with E-state index in [-0.39, 0.29) is 5.91 Å². The van der Waals surface area contributed by atoms with Gasteiger partial charge in [-0.05, 0) is 44.0 Å². The number of carboxylic acid groups (broad SMARTS) is 1. The molecule has 2 atom stereocenters. The lowest BCUT2D eigenvalue weighted by Crippen LogP contribution is -2.55. The lowest BCUT2D eigenvalue weighted by molar-refractivity contribution is -0.145. The number of carboxylic acids is 1. The second kappa shape index (κ2) is 7.44. The zero-order chi connectivity index (χ0) is 17.9. The average molecular weight is 346 g/mol. The molecule has 0 spiro atoms. The van der Waals surface area contributed by atoms with Crippen LogP contribution in [0.4, 0.5) is 5.69 Å². The van der Waals surface area contributed by atoms with Gasteiger partial charge >= 0.3 is 5.97 Å². The number of hydrogen-bond acceptors (Lipinski definition) is 4.